The van der Waals surface area contributed by atoms with Crippen molar-refractivity contribution in [3.8, 4) is 0 Å². The molecule has 3 aromatic rings. The van der Waals surface area contributed by atoms with E-state index in [1.807, 2.05) is 43.3 Å². The van der Waals surface area contributed by atoms with Crippen molar-refractivity contribution in [2.75, 3.05) is 22.4 Å². The molecule has 9 heteroatoms. The largest absolute Gasteiger partial charge is 0.361 e. The van der Waals surface area contributed by atoms with E-state index in [1.165, 1.54) is 4.31 Å². The van der Waals surface area contributed by atoms with Gasteiger partial charge in [-0.15, -0.1) is 4.98 Å². The first-order chi connectivity index (χ1) is 15.8. The van der Waals surface area contributed by atoms with Gasteiger partial charge in [0.05, 0.1) is 40.6 Å². The number of hydrogen-bond acceptors (Lipinski definition) is 6. The normalized spacial score (nSPS) is 12.6. The molecule has 0 radical (unpaired) electrons. The summed E-state index contributed by atoms with van der Waals surface area (Å²) in [6.45, 7) is 10.8. The van der Waals surface area contributed by atoms with Crippen molar-refractivity contribution in [3.63, 3.8) is 0 Å². The molecule has 168 valence electrons. The molecule has 0 saturated carbocycles. The van der Waals surface area contributed by atoms with Crippen LogP contribution in [0.25, 0.3) is 4.85 Å². The summed E-state index contributed by atoms with van der Waals surface area (Å²) in [6, 6.07) is 14.6. The average molecular weight is 461 g/mol. The van der Waals surface area contributed by atoms with Crippen LogP contribution in [0.3, 0.4) is 0 Å². The molecule has 1 aliphatic heterocycles. The number of anilines is 3. The van der Waals surface area contributed by atoms with Crippen LogP contribution in [-0.4, -0.2) is 36.9 Å². The maximum atomic E-state index is 12.5. The number of rotatable bonds is 7. The minimum atomic E-state index is -3.42. The molecule has 0 spiro atoms. The summed E-state index contributed by atoms with van der Waals surface area (Å²) in [7, 11) is -1.87. The summed E-state index contributed by atoms with van der Waals surface area (Å²) in [6.07, 6.45) is 1.12. The van der Waals surface area contributed by atoms with Gasteiger partial charge in [-0.25, -0.2) is 8.42 Å². The van der Waals surface area contributed by atoms with Crippen LogP contribution in [0.15, 0.2) is 53.5 Å². The first-order valence-corrected chi connectivity index (χ1v) is 12.1. The molecule has 0 saturated heterocycles. The highest BCUT2D eigenvalue weighted by atomic mass is 32.2. The molecule has 0 amide bonds. The predicted molar refractivity (Wildman–Crippen MR) is 132 cm³/mol. The van der Waals surface area contributed by atoms with Crippen molar-refractivity contribution in [1.29, 1.82) is 0 Å². The van der Waals surface area contributed by atoms with Crippen LogP contribution in [0, 0.1) is 6.57 Å². The lowest BCUT2D eigenvalue weighted by Gasteiger charge is -2.22. The number of para-hydroxylation sites is 2. The number of hydrogen-bond donors (Lipinski definition) is 1. The molecule has 33 heavy (non-hydrogen) atoms. The second kappa shape index (κ2) is 9.00. The molecule has 4 rings (SSSR count). The number of fused-ring (bicyclic) bond motifs is 1. The smallest absolute Gasteiger partial charge is 0.269 e. The van der Waals surface area contributed by atoms with Crippen molar-refractivity contribution >= 4 is 44.3 Å². The second-order valence-electron chi connectivity index (χ2n) is 7.77. The van der Waals surface area contributed by atoms with E-state index in [4.69, 9.17) is 11.6 Å². The number of aromatic nitrogens is 2. The first-order valence-electron chi connectivity index (χ1n) is 10.5. The summed E-state index contributed by atoms with van der Waals surface area (Å²) in [5, 5.41) is 3.40. The Morgan fingerprint density at radius 1 is 1.09 bits per heavy atom. The van der Waals surface area contributed by atoms with Crippen LogP contribution in [0.2, 0.25) is 0 Å². The van der Waals surface area contributed by atoms with Crippen molar-refractivity contribution in [2.24, 2.45) is 4.99 Å². The fourth-order valence-electron chi connectivity index (χ4n) is 3.71. The number of sulfonamides is 1. The summed E-state index contributed by atoms with van der Waals surface area (Å²) in [5.74, 6) is 0.354. The Hall–Kier alpha value is -3.77. The lowest BCUT2D eigenvalue weighted by Crippen LogP contribution is -2.28. The summed E-state index contributed by atoms with van der Waals surface area (Å²) in [5.41, 5.74) is 6.10. The van der Waals surface area contributed by atoms with Gasteiger partial charge in [0.25, 0.3) is 5.82 Å². The van der Waals surface area contributed by atoms with Crippen LogP contribution in [0.5, 0.6) is 0 Å². The van der Waals surface area contributed by atoms with Crippen LogP contribution in [0.1, 0.15) is 30.9 Å². The molecule has 1 aromatic carbocycles. The Bertz CT molecular complexity index is 1390. The Kier molecular flexibility index (Phi) is 6.11. The zero-order valence-electron chi connectivity index (χ0n) is 18.7. The first kappa shape index (κ1) is 22.4. The van der Waals surface area contributed by atoms with E-state index in [0.717, 1.165) is 34.2 Å². The van der Waals surface area contributed by atoms with E-state index in [9.17, 15) is 8.42 Å². The van der Waals surface area contributed by atoms with Gasteiger partial charge in [-0.1, -0.05) is 24.8 Å². The van der Waals surface area contributed by atoms with Gasteiger partial charge in [0.2, 0.25) is 10.0 Å². The third-order valence-electron chi connectivity index (χ3n) is 5.41. The Balaban J connectivity index is 1.74. The molecular formula is C24H24N6O2S. The summed E-state index contributed by atoms with van der Waals surface area (Å²) < 4.78 is 26.3. The van der Waals surface area contributed by atoms with Gasteiger partial charge in [-0.05, 0) is 44.2 Å². The van der Waals surface area contributed by atoms with Crippen molar-refractivity contribution in [2.45, 2.75) is 26.7 Å². The minimum Gasteiger partial charge on any atom is -0.361 e. The highest BCUT2D eigenvalue weighted by Gasteiger charge is 2.22. The van der Waals surface area contributed by atoms with E-state index >= 15 is 0 Å². The maximum Gasteiger partial charge on any atom is 0.269 e. The van der Waals surface area contributed by atoms with Gasteiger partial charge in [-0.3, -0.25) is 14.3 Å². The number of pyridine rings is 2. The Labute approximate surface area is 193 Å². The quantitative estimate of drug-likeness (QED) is 0.512. The van der Waals surface area contributed by atoms with E-state index in [-0.39, 0.29) is 5.75 Å². The third kappa shape index (κ3) is 4.71. The van der Waals surface area contributed by atoms with Gasteiger partial charge in [0.1, 0.15) is 11.4 Å². The van der Waals surface area contributed by atoms with Gasteiger partial charge >= 0.3 is 0 Å². The minimum absolute atomic E-state index is 0.00674. The lowest BCUT2D eigenvalue weighted by atomic mass is 10.1. The Morgan fingerprint density at radius 3 is 2.64 bits per heavy atom. The summed E-state index contributed by atoms with van der Waals surface area (Å²) >= 11 is 0. The molecule has 8 nitrogen and oxygen atoms in total. The fraction of sp³-hybridized carbons (Fsp3) is 0.250. The van der Waals surface area contributed by atoms with Gasteiger partial charge in [-0.2, -0.15) is 0 Å². The van der Waals surface area contributed by atoms with Gasteiger partial charge in [0.15, 0.2) is 0 Å². The highest BCUT2D eigenvalue weighted by molar-refractivity contribution is 7.92. The molecule has 1 N–H and O–H groups in total. The van der Waals surface area contributed by atoms with Gasteiger partial charge < -0.3 is 10.2 Å². The molecule has 0 unspecified atom stereocenters. The van der Waals surface area contributed by atoms with E-state index in [2.05, 4.69) is 20.1 Å². The van der Waals surface area contributed by atoms with Crippen LogP contribution >= 0.6 is 0 Å². The van der Waals surface area contributed by atoms with Crippen molar-refractivity contribution in [1.82, 2.24) is 9.97 Å². The van der Waals surface area contributed by atoms with Crippen molar-refractivity contribution < 1.29 is 8.42 Å². The van der Waals surface area contributed by atoms with Crippen LogP contribution in [-0.2, 0) is 22.9 Å². The van der Waals surface area contributed by atoms with E-state index < -0.39 is 10.0 Å². The van der Waals surface area contributed by atoms with Gasteiger partial charge in [0, 0.05) is 19.2 Å². The standard InChI is InChI=1S/C24H24N6O2S/c1-5-33(31,32)30(4)22-11-7-6-10-19(22)29-21-15-18(27-20-13-16(2)26-24(20)21)14-17-9-8-12-23(25-3)28-17/h6-12,15H,5,13-14H2,1-2,4H3,(H,27,29). The molecule has 1 aliphatic rings. The van der Waals surface area contributed by atoms with Crippen LogP contribution in [0.4, 0.5) is 28.6 Å². The zero-order valence-corrected chi connectivity index (χ0v) is 19.5. The lowest BCUT2D eigenvalue weighted by molar-refractivity contribution is 0.595. The number of nitrogens with one attached hydrogen (secondary N) is 1. The van der Waals surface area contributed by atoms with E-state index in [1.54, 1.807) is 26.1 Å². The molecule has 2 aromatic heterocycles. The molecule has 0 atom stereocenters. The number of aliphatic imine (C=N–C) groups is 1. The molecule has 0 fully saturated rings. The molecule has 0 bridgehead atoms. The monoisotopic (exact) mass is 460 g/mol. The highest BCUT2D eigenvalue weighted by Crippen LogP contribution is 2.38. The Morgan fingerprint density at radius 2 is 1.88 bits per heavy atom. The maximum absolute atomic E-state index is 12.5. The number of nitrogens with zero attached hydrogens (tertiary/aromatic N) is 5. The van der Waals surface area contributed by atoms with Crippen LogP contribution < -0.4 is 9.62 Å². The fourth-order valence-corrected chi connectivity index (χ4v) is 4.56. The number of benzene rings is 1. The third-order valence-corrected chi connectivity index (χ3v) is 7.17. The summed E-state index contributed by atoms with van der Waals surface area (Å²) in [4.78, 5) is 17.2. The van der Waals surface area contributed by atoms with Crippen molar-refractivity contribution in [3.05, 3.63) is 77.0 Å². The average Bonchev–Trinajstić information content (AvgIpc) is 3.19. The van der Waals surface area contributed by atoms with E-state index in [0.29, 0.717) is 30.0 Å². The zero-order chi connectivity index (χ0) is 23.6. The molecule has 3 heterocycles. The molecule has 0 aliphatic carbocycles. The molecular weight excluding hydrogens is 436 g/mol. The SMILES string of the molecule is [C-]#[N+]c1cccc(Cc2cc(Nc3ccccc3N(C)S(=O)(=O)CC)c3c(n2)CC(C)=N3)n1. The topological polar surface area (TPSA) is 91.9 Å². The second-order valence-corrected chi connectivity index (χ2v) is 10.1. The predicted octanol–water partition coefficient (Wildman–Crippen LogP) is 4.80.